The summed E-state index contributed by atoms with van der Waals surface area (Å²) in [6.07, 6.45) is 1.64. The molecule has 0 saturated heterocycles. The largest absolute Gasteiger partial charge is 0.317 e. The van der Waals surface area contributed by atoms with Crippen molar-refractivity contribution in [3.05, 3.63) is 102 Å². The standard InChI is InChI=1S/C24H17F3N4O2S/c25-16-7-5-14(6-8-16)24(33)31-13-15(18-3-1-2-4-21(18)31)12-28-30-23(34)22(32)29-20-10-9-17(26)11-19(20)27/h1-11,13,28H,12H2,(H,29,32)(H,30,34). The summed E-state index contributed by atoms with van der Waals surface area (Å²) in [5.74, 6) is -3.25. The lowest BCUT2D eigenvalue weighted by molar-refractivity contribution is -0.110. The second kappa shape index (κ2) is 9.86. The topological polar surface area (TPSA) is 75.2 Å². The van der Waals surface area contributed by atoms with E-state index in [0.717, 1.165) is 23.1 Å². The molecular weight excluding hydrogens is 465 g/mol. The number of thiocarbonyl (C=S) groups is 1. The molecule has 0 unspecified atom stereocenters. The van der Waals surface area contributed by atoms with Gasteiger partial charge in [-0.3, -0.25) is 14.2 Å². The van der Waals surface area contributed by atoms with Crippen molar-refractivity contribution in [3.8, 4) is 0 Å². The zero-order valence-electron chi connectivity index (χ0n) is 17.4. The molecule has 4 aromatic rings. The summed E-state index contributed by atoms with van der Waals surface area (Å²) in [6.45, 7) is 0.183. The zero-order chi connectivity index (χ0) is 24.2. The monoisotopic (exact) mass is 482 g/mol. The first-order chi connectivity index (χ1) is 16.3. The quantitative estimate of drug-likeness (QED) is 0.292. The molecule has 1 amide bonds. The number of hydrazine groups is 1. The fraction of sp³-hybridized carbons (Fsp3) is 0.0417. The Morgan fingerprint density at radius 2 is 1.62 bits per heavy atom. The molecule has 0 spiro atoms. The Hall–Kier alpha value is -4.02. The number of nitrogens with one attached hydrogen (secondary N) is 3. The van der Waals surface area contributed by atoms with Crippen molar-refractivity contribution >= 4 is 45.6 Å². The molecule has 34 heavy (non-hydrogen) atoms. The molecular formula is C24H17F3N4O2S. The van der Waals surface area contributed by atoms with E-state index in [1.54, 1.807) is 18.3 Å². The number of fused-ring (bicyclic) bond motifs is 1. The Morgan fingerprint density at radius 3 is 2.35 bits per heavy atom. The Labute approximate surface area is 197 Å². The minimum atomic E-state index is -0.928. The van der Waals surface area contributed by atoms with Gasteiger partial charge in [0.25, 0.3) is 11.8 Å². The number of halogens is 3. The highest BCUT2D eigenvalue weighted by atomic mass is 32.1. The van der Waals surface area contributed by atoms with Crippen molar-refractivity contribution in [2.45, 2.75) is 6.54 Å². The van der Waals surface area contributed by atoms with Gasteiger partial charge >= 0.3 is 0 Å². The summed E-state index contributed by atoms with van der Waals surface area (Å²) >= 11 is 5.01. The van der Waals surface area contributed by atoms with Gasteiger partial charge in [-0.15, -0.1) is 0 Å². The predicted molar refractivity (Wildman–Crippen MR) is 126 cm³/mol. The van der Waals surface area contributed by atoms with Gasteiger partial charge in [0.2, 0.25) is 0 Å². The van der Waals surface area contributed by atoms with Crippen LogP contribution in [-0.2, 0) is 11.3 Å². The normalized spacial score (nSPS) is 10.8. The summed E-state index contributed by atoms with van der Waals surface area (Å²) in [5.41, 5.74) is 6.86. The van der Waals surface area contributed by atoms with Crippen molar-refractivity contribution in [2.75, 3.05) is 5.32 Å². The molecule has 0 atom stereocenters. The average Bonchev–Trinajstić information content (AvgIpc) is 3.19. The van der Waals surface area contributed by atoms with Gasteiger partial charge in [0.05, 0.1) is 11.2 Å². The summed E-state index contributed by atoms with van der Waals surface area (Å²) in [6, 6.07) is 15.2. The number of hydrogen-bond acceptors (Lipinski definition) is 4. The molecule has 0 aliphatic heterocycles. The highest BCUT2D eigenvalue weighted by Gasteiger charge is 2.16. The van der Waals surface area contributed by atoms with Crippen LogP contribution in [0, 0.1) is 17.5 Å². The number of amides is 1. The number of para-hydroxylation sites is 1. The van der Waals surface area contributed by atoms with E-state index in [2.05, 4.69) is 16.2 Å². The fourth-order valence-corrected chi connectivity index (χ4v) is 3.46. The number of benzene rings is 3. The summed E-state index contributed by atoms with van der Waals surface area (Å²) in [4.78, 5) is 24.9. The first kappa shape index (κ1) is 23.1. The molecule has 1 aromatic heterocycles. The van der Waals surface area contributed by atoms with E-state index >= 15 is 0 Å². The molecule has 4 rings (SSSR count). The molecule has 10 heteroatoms. The lowest BCUT2D eigenvalue weighted by Gasteiger charge is -2.10. The SMILES string of the molecule is O=C(Nc1ccc(F)cc1F)C(=S)NNCc1cn(C(=O)c2ccc(F)cc2)c2ccccc12. The van der Waals surface area contributed by atoms with Gasteiger partial charge < -0.3 is 10.7 Å². The Morgan fingerprint density at radius 1 is 0.912 bits per heavy atom. The molecule has 0 aliphatic rings. The minimum absolute atomic E-state index is 0.183. The first-order valence-corrected chi connectivity index (χ1v) is 10.4. The lowest BCUT2D eigenvalue weighted by Crippen LogP contribution is -2.42. The van der Waals surface area contributed by atoms with Crippen LogP contribution in [0.25, 0.3) is 10.9 Å². The highest BCUT2D eigenvalue weighted by Crippen LogP contribution is 2.22. The third-order valence-electron chi connectivity index (χ3n) is 4.97. The third-order valence-corrected chi connectivity index (χ3v) is 5.26. The number of rotatable bonds is 5. The minimum Gasteiger partial charge on any atom is -0.317 e. The number of anilines is 1. The number of hydrogen-bond donors (Lipinski definition) is 3. The molecule has 0 bridgehead atoms. The van der Waals surface area contributed by atoms with Gasteiger partial charge in [0.15, 0.2) is 4.99 Å². The van der Waals surface area contributed by atoms with E-state index in [4.69, 9.17) is 12.2 Å². The van der Waals surface area contributed by atoms with E-state index in [-0.39, 0.29) is 23.1 Å². The van der Waals surface area contributed by atoms with Gasteiger partial charge in [-0.2, -0.15) is 0 Å². The number of nitrogens with zero attached hydrogens (tertiary/aromatic N) is 1. The van der Waals surface area contributed by atoms with E-state index in [0.29, 0.717) is 17.1 Å². The summed E-state index contributed by atoms with van der Waals surface area (Å²) in [5, 5.41) is 3.04. The molecule has 3 aromatic carbocycles. The van der Waals surface area contributed by atoms with Crippen molar-refractivity contribution in [3.63, 3.8) is 0 Å². The van der Waals surface area contributed by atoms with Crippen LogP contribution in [0.2, 0.25) is 0 Å². The van der Waals surface area contributed by atoms with Crippen molar-refractivity contribution in [1.29, 1.82) is 0 Å². The van der Waals surface area contributed by atoms with Gasteiger partial charge in [0.1, 0.15) is 17.5 Å². The van der Waals surface area contributed by atoms with Gasteiger partial charge in [-0.25, -0.2) is 18.6 Å². The zero-order valence-corrected chi connectivity index (χ0v) is 18.3. The summed E-state index contributed by atoms with van der Waals surface area (Å²) in [7, 11) is 0. The van der Waals surface area contributed by atoms with Crippen LogP contribution >= 0.6 is 12.2 Å². The van der Waals surface area contributed by atoms with Crippen molar-refractivity contribution < 1.29 is 22.8 Å². The van der Waals surface area contributed by atoms with Crippen LogP contribution in [-0.4, -0.2) is 21.4 Å². The fourth-order valence-electron chi connectivity index (χ4n) is 3.34. The van der Waals surface area contributed by atoms with Crippen LogP contribution in [0.5, 0.6) is 0 Å². The second-order valence-corrected chi connectivity index (χ2v) is 7.65. The second-order valence-electron chi connectivity index (χ2n) is 7.24. The summed E-state index contributed by atoms with van der Waals surface area (Å²) < 4.78 is 41.4. The van der Waals surface area contributed by atoms with Crippen molar-refractivity contribution in [1.82, 2.24) is 15.4 Å². The number of carbonyl (C=O) groups excluding carboxylic acids is 2. The maximum Gasteiger partial charge on any atom is 0.284 e. The Kier molecular flexibility index (Phi) is 6.71. The molecule has 0 radical (unpaired) electrons. The van der Waals surface area contributed by atoms with Crippen LogP contribution in [0.3, 0.4) is 0 Å². The molecule has 1 heterocycles. The molecule has 172 valence electrons. The van der Waals surface area contributed by atoms with E-state index in [9.17, 15) is 22.8 Å². The predicted octanol–water partition coefficient (Wildman–Crippen LogP) is 4.31. The van der Waals surface area contributed by atoms with Gasteiger partial charge in [-0.1, -0.05) is 30.4 Å². The number of aromatic nitrogens is 1. The first-order valence-electron chi connectivity index (χ1n) is 10.0. The Bertz CT molecular complexity index is 1400. The van der Waals surface area contributed by atoms with Crippen LogP contribution in [0.4, 0.5) is 18.9 Å². The van der Waals surface area contributed by atoms with Crippen molar-refractivity contribution in [2.24, 2.45) is 0 Å². The maximum atomic E-state index is 13.7. The van der Waals surface area contributed by atoms with Gasteiger partial charge in [-0.05, 0) is 48.0 Å². The van der Waals surface area contributed by atoms with Crippen LogP contribution in [0.15, 0.2) is 72.9 Å². The molecule has 3 N–H and O–H groups in total. The van der Waals surface area contributed by atoms with Crippen LogP contribution < -0.4 is 16.2 Å². The van der Waals surface area contributed by atoms with E-state index < -0.39 is 23.4 Å². The molecule has 6 nitrogen and oxygen atoms in total. The highest BCUT2D eigenvalue weighted by molar-refractivity contribution is 7.82. The smallest absolute Gasteiger partial charge is 0.284 e. The van der Waals surface area contributed by atoms with E-state index in [1.807, 2.05) is 12.1 Å². The van der Waals surface area contributed by atoms with Crippen LogP contribution in [0.1, 0.15) is 15.9 Å². The molecule has 0 aliphatic carbocycles. The van der Waals surface area contributed by atoms with Gasteiger partial charge in [0, 0.05) is 29.8 Å². The number of carbonyl (C=O) groups is 2. The Balaban J connectivity index is 1.44. The maximum absolute atomic E-state index is 13.7. The molecule has 0 saturated carbocycles. The average molecular weight is 482 g/mol. The lowest BCUT2D eigenvalue weighted by atomic mass is 10.2. The van der Waals surface area contributed by atoms with E-state index in [1.165, 1.54) is 28.8 Å². The molecule has 0 fully saturated rings. The third kappa shape index (κ3) is 4.98.